The van der Waals surface area contributed by atoms with E-state index in [4.69, 9.17) is 10.6 Å². The third kappa shape index (κ3) is 1.77. The molecule has 0 radical (unpaired) electrons. The summed E-state index contributed by atoms with van der Waals surface area (Å²) in [5.74, 6) is 0.101. The van der Waals surface area contributed by atoms with E-state index in [9.17, 15) is 4.79 Å². The summed E-state index contributed by atoms with van der Waals surface area (Å²) in [6, 6.07) is -0.0181. The summed E-state index contributed by atoms with van der Waals surface area (Å²) < 4.78 is 0. The third-order valence-electron chi connectivity index (χ3n) is 3.02. The van der Waals surface area contributed by atoms with Gasteiger partial charge in [0.1, 0.15) is 5.60 Å². The van der Waals surface area contributed by atoms with Crippen molar-refractivity contribution >= 4 is 5.91 Å². The van der Waals surface area contributed by atoms with Crippen molar-refractivity contribution in [3.8, 4) is 0 Å². The molecule has 4 nitrogen and oxygen atoms in total. The second kappa shape index (κ2) is 3.51. The molecule has 1 amide bonds. The Morgan fingerprint density at radius 3 is 2.79 bits per heavy atom. The first-order valence-electron chi connectivity index (χ1n) is 5.36. The minimum atomic E-state index is -0.161. The number of carbonyl (C=O) groups excluding carboxylic acids is 1. The molecule has 1 saturated heterocycles. The molecule has 0 bridgehead atoms. The number of hydroxylamine groups is 2. The molecular weight excluding hydrogens is 180 g/mol. The molecule has 1 spiro atoms. The van der Waals surface area contributed by atoms with Crippen LogP contribution in [0.25, 0.3) is 0 Å². The molecule has 2 fully saturated rings. The van der Waals surface area contributed by atoms with Gasteiger partial charge in [0.05, 0.1) is 13.0 Å². The summed E-state index contributed by atoms with van der Waals surface area (Å²) in [6.45, 7) is 2.40. The van der Waals surface area contributed by atoms with Crippen LogP contribution in [0.15, 0.2) is 0 Å². The van der Waals surface area contributed by atoms with E-state index >= 15 is 0 Å². The van der Waals surface area contributed by atoms with Crippen LogP contribution >= 0.6 is 0 Å². The first-order valence-corrected chi connectivity index (χ1v) is 5.36. The zero-order chi connectivity index (χ0) is 10.2. The van der Waals surface area contributed by atoms with Crippen LogP contribution in [0.4, 0.5) is 0 Å². The van der Waals surface area contributed by atoms with Crippen molar-refractivity contribution in [1.82, 2.24) is 5.06 Å². The van der Waals surface area contributed by atoms with Gasteiger partial charge in [0.25, 0.3) is 0 Å². The quantitative estimate of drug-likeness (QED) is 0.714. The molecule has 1 unspecified atom stereocenters. The van der Waals surface area contributed by atoms with Crippen LogP contribution in [0.5, 0.6) is 0 Å². The van der Waals surface area contributed by atoms with Gasteiger partial charge in [-0.15, -0.1) is 0 Å². The van der Waals surface area contributed by atoms with Gasteiger partial charge in [-0.1, -0.05) is 12.8 Å². The van der Waals surface area contributed by atoms with Gasteiger partial charge < -0.3 is 5.73 Å². The van der Waals surface area contributed by atoms with E-state index in [2.05, 4.69) is 0 Å². The molecule has 0 aromatic rings. The lowest BCUT2D eigenvalue weighted by Gasteiger charge is -2.23. The predicted molar refractivity (Wildman–Crippen MR) is 52.3 cm³/mol. The fraction of sp³-hybridized carbons (Fsp3) is 0.900. The molecule has 4 heteroatoms. The second-order valence-corrected chi connectivity index (χ2v) is 4.59. The number of amides is 1. The molecule has 0 aromatic heterocycles. The molecule has 2 rings (SSSR count). The lowest BCUT2D eigenvalue weighted by molar-refractivity contribution is -0.198. The van der Waals surface area contributed by atoms with E-state index in [0.717, 1.165) is 12.8 Å². The van der Waals surface area contributed by atoms with Crippen molar-refractivity contribution in [3.63, 3.8) is 0 Å². The molecule has 1 saturated carbocycles. The van der Waals surface area contributed by atoms with Crippen molar-refractivity contribution in [3.05, 3.63) is 0 Å². The molecule has 0 aromatic carbocycles. The van der Waals surface area contributed by atoms with Crippen LogP contribution in [0, 0.1) is 0 Å². The Hall–Kier alpha value is -0.610. The van der Waals surface area contributed by atoms with Crippen LogP contribution in [0.1, 0.15) is 39.0 Å². The summed E-state index contributed by atoms with van der Waals surface area (Å²) in [7, 11) is 0. The molecule has 1 atom stereocenters. The van der Waals surface area contributed by atoms with E-state index in [0.29, 0.717) is 13.0 Å². The molecule has 80 valence electrons. The summed E-state index contributed by atoms with van der Waals surface area (Å²) in [5, 5.41) is 1.47. The Bertz CT molecular complexity index is 234. The SMILES string of the molecule is CC(N)CN1OC2(CCCC2)CC1=O. The highest BCUT2D eigenvalue weighted by molar-refractivity contribution is 5.78. The van der Waals surface area contributed by atoms with Gasteiger partial charge in [-0.25, -0.2) is 5.06 Å². The summed E-state index contributed by atoms with van der Waals surface area (Å²) in [4.78, 5) is 17.4. The molecular formula is C10H18N2O2. The maximum absolute atomic E-state index is 11.6. The summed E-state index contributed by atoms with van der Waals surface area (Å²) >= 11 is 0. The van der Waals surface area contributed by atoms with Gasteiger partial charge >= 0.3 is 0 Å². The average Bonchev–Trinajstić information content (AvgIpc) is 2.61. The summed E-state index contributed by atoms with van der Waals surface area (Å²) in [5.41, 5.74) is 5.49. The second-order valence-electron chi connectivity index (χ2n) is 4.59. The molecule has 1 aliphatic heterocycles. The molecule has 14 heavy (non-hydrogen) atoms. The highest BCUT2D eigenvalue weighted by Gasteiger charge is 2.46. The monoisotopic (exact) mass is 198 g/mol. The minimum Gasteiger partial charge on any atom is -0.326 e. The van der Waals surface area contributed by atoms with Gasteiger partial charge in [-0.3, -0.25) is 9.63 Å². The maximum Gasteiger partial charge on any atom is 0.249 e. The van der Waals surface area contributed by atoms with E-state index in [1.165, 1.54) is 17.9 Å². The van der Waals surface area contributed by atoms with E-state index < -0.39 is 0 Å². The largest absolute Gasteiger partial charge is 0.326 e. The lowest BCUT2D eigenvalue weighted by Crippen LogP contribution is -2.36. The van der Waals surface area contributed by atoms with Crippen molar-refractivity contribution in [1.29, 1.82) is 0 Å². The van der Waals surface area contributed by atoms with Crippen LogP contribution in [-0.4, -0.2) is 29.2 Å². The van der Waals surface area contributed by atoms with Crippen molar-refractivity contribution in [2.75, 3.05) is 6.54 Å². The zero-order valence-electron chi connectivity index (χ0n) is 8.66. The fourth-order valence-corrected chi connectivity index (χ4v) is 2.37. The molecule has 1 aliphatic carbocycles. The van der Waals surface area contributed by atoms with Crippen molar-refractivity contribution < 1.29 is 9.63 Å². The van der Waals surface area contributed by atoms with Gasteiger partial charge in [-0.05, 0) is 19.8 Å². The number of carbonyl (C=O) groups is 1. The van der Waals surface area contributed by atoms with Crippen LogP contribution in [0.2, 0.25) is 0 Å². The Labute approximate surface area is 84.3 Å². The topological polar surface area (TPSA) is 55.6 Å². The predicted octanol–water partition coefficient (Wildman–Crippen LogP) is 0.810. The number of hydrogen-bond donors (Lipinski definition) is 1. The molecule has 1 heterocycles. The van der Waals surface area contributed by atoms with E-state index in [-0.39, 0.29) is 17.6 Å². The first kappa shape index (κ1) is 9.93. The van der Waals surface area contributed by atoms with Crippen molar-refractivity contribution in [2.24, 2.45) is 5.73 Å². The normalized spacial score (nSPS) is 27.6. The van der Waals surface area contributed by atoms with Crippen LogP contribution in [-0.2, 0) is 9.63 Å². The van der Waals surface area contributed by atoms with E-state index in [1.54, 1.807) is 0 Å². The first-order chi connectivity index (χ1) is 6.61. The summed E-state index contributed by atoms with van der Waals surface area (Å²) in [6.07, 6.45) is 4.96. The lowest BCUT2D eigenvalue weighted by atomic mass is 9.99. The standard InChI is InChI=1S/C10H18N2O2/c1-8(11)7-12-9(13)6-10(14-12)4-2-3-5-10/h8H,2-7,11H2,1H3. The third-order valence-corrected chi connectivity index (χ3v) is 3.02. The number of rotatable bonds is 2. The van der Waals surface area contributed by atoms with Gasteiger partial charge in [0.2, 0.25) is 5.91 Å². The Morgan fingerprint density at radius 1 is 1.57 bits per heavy atom. The van der Waals surface area contributed by atoms with E-state index in [1.807, 2.05) is 6.92 Å². The minimum absolute atomic E-state index is 0.0181. The fourth-order valence-electron chi connectivity index (χ4n) is 2.37. The Morgan fingerprint density at radius 2 is 2.21 bits per heavy atom. The Kier molecular flexibility index (Phi) is 2.49. The smallest absolute Gasteiger partial charge is 0.249 e. The van der Waals surface area contributed by atoms with Crippen LogP contribution in [0.3, 0.4) is 0 Å². The van der Waals surface area contributed by atoms with Gasteiger partial charge in [-0.2, -0.15) is 0 Å². The molecule has 2 aliphatic rings. The molecule has 2 N–H and O–H groups in total. The van der Waals surface area contributed by atoms with Gasteiger partial charge in [0, 0.05) is 6.04 Å². The maximum atomic E-state index is 11.6. The average molecular weight is 198 g/mol. The van der Waals surface area contributed by atoms with Crippen LogP contribution < -0.4 is 5.73 Å². The highest BCUT2D eigenvalue weighted by Crippen LogP contribution is 2.41. The number of hydrogen-bond acceptors (Lipinski definition) is 3. The zero-order valence-corrected chi connectivity index (χ0v) is 8.66. The van der Waals surface area contributed by atoms with Gasteiger partial charge in [0.15, 0.2) is 0 Å². The Balaban J connectivity index is 1.99. The highest BCUT2D eigenvalue weighted by atomic mass is 16.7. The van der Waals surface area contributed by atoms with Crippen molar-refractivity contribution in [2.45, 2.75) is 50.7 Å². The number of nitrogens with two attached hydrogens (primary N) is 1. The number of nitrogens with zero attached hydrogens (tertiary/aromatic N) is 1.